The molecule has 17 heavy (non-hydrogen) atoms. The molecule has 0 radical (unpaired) electrons. The Morgan fingerprint density at radius 3 is 2.71 bits per heavy atom. The lowest BCUT2D eigenvalue weighted by Crippen LogP contribution is -2.38. The molecule has 0 unspecified atom stereocenters. The molecule has 98 valence electrons. The fourth-order valence-corrected chi connectivity index (χ4v) is 2.80. The average Bonchev–Trinajstić information content (AvgIpc) is 2.64. The number of aromatic nitrogens is 1. The Kier molecular flexibility index (Phi) is 5.86. The largest absolute Gasteiger partial charge is 0.330 e. The van der Waals surface area contributed by atoms with E-state index in [1.807, 2.05) is 6.20 Å². The Labute approximate surface area is 113 Å². The lowest BCUT2D eigenvalue weighted by Gasteiger charge is -2.31. The highest BCUT2D eigenvalue weighted by Gasteiger charge is 2.20. The van der Waals surface area contributed by atoms with Crippen molar-refractivity contribution < 1.29 is 0 Å². The van der Waals surface area contributed by atoms with Crippen molar-refractivity contribution in [3.05, 3.63) is 15.5 Å². The van der Waals surface area contributed by atoms with Gasteiger partial charge >= 0.3 is 0 Å². The Hall–Kier alpha value is -0.160. The summed E-state index contributed by atoms with van der Waals surface area (Å²) in [5, 5.41) is 0. The normalized spacial score (nSPS) is 12.4. The molecular weight excluding hydrogens is 254 g/mol. The van der Waals surface area contributed by atoms with E-state index in [-0.39, 0.29) is 5.41 Å². The standard InChI is InChI=1S/C12H22ClN3S/c1-4-5-16(9-12(2,3)8-14)7-10-6-15-11(13)17-10/h6H,4-5,7-9,14H2,1-3H3. The van der Waals surface area contributed by atoms with E-state index >= 15 is 0 Å². The van der Waals surface area contributed by atoms with Crippen LogP contribution in [0.15, 0.2) is 6.20 Å². The highest BCUT2D eigenvalue weighted by Crippen LogP contribution is 2.22. The number of nitrogens with two attached hydrogens (primary N) is 1. The monoisotopic (exact) mass is 275 g/mol. The lowest BCUT2D eigenvalue weighted by atomic mass is 9.93. The maximum atomic E-state index is 5.85. The molecular formula is C12H22ClN3S. The zero-order valence-electron chi connectivity index (χ0n) is 10.9. The Morgan fingerprint density at radius 2 is 2.24 bits per heavy atom. The molecule has 2 N–H and O–H groups in total. The van der Waals surface area contributed by atoms with Gasteiger partial charge in [-0.15, -0.1) is 11.3 Å². The molecule has 0 amide bonds. The van der Waals surface area contributed by atoms with Crippen LogP contribution >= 0.6 is 22.9 Å². The first-order valence-electron chi connectivity index (χ1n) is 5.99. The van der Waals surface area contributed by atoms with Crippen molar-refractivity contribution in [1.29, 1.82) is 0 Å². The molecule has 0 aliphatic carbocycles. The van der Waals surface area contributed by atoms with E-state index < -0.39 is 0 Å². The highest BCUT2D eigenvalue weighted by atomic mass is 35.5. The molecule has 0 saturated heterocycles. The zero-order chi connectivity index (χ0) is 12.9. The van der Waals surface area contributed by atoms with Crippen molar-refractivity contribution in [3.63, 3.8) is 0 Å². The molecule has 1 aromatic rings. The van der Waals surface area contributed by atoms with E-state index in [0.29, 0.717) is 11.0 Å². The minimum absolute atomic E-state index is 0.156. The summed E-state index contributed by atoms with van der Waals surface area (Å²) in [5.74, 6) is 0. The second kappa shape index (κ2) is 6.69. The third-order valence-electron chi connectivity index (χ3n) is 2.65. The van der Waals surface area contributed by atoms with Crippen LogP contribution in [0.3, 0.4) is 0 Å². The van der Waals surface area contributed by atoms with Gasteiger partial charge in [0.15, 0.2) is 4.47 Å². The second-order valence-electron chi connectivity index (χ2n) is 5.16. The molecule has 3 nitrogen and oxygen atoms in total. The van der Waals surface area contributed by atoms with Gasteiger partial charge in [0, 0.05) is 24.2 Å². The molecule has 1 rings (SSSR count). The van der Waals surface area contributed by atoms with Gasteiger partial charge in [-0.1, -0.05) is 32.4 Å². The fourth-order valence-electron chi connectivity index (χ4n) is 1.78. The van der Waals surface area contributed by atoms with Gasteiger partial charge in [0.1, 0.15) is 0 Å². The van der Waals surface area contributed by atoms with E-state index in [1.165, 1.54) is 4.88 Å². The van der Waals surface area contributed by atoms with E-state index in [0.717, 1.165) is 26.1 Å². The molecule has 0 bridgehead atoms. The minimum Gasteiger partial charge on any atom is -0.330 e. The van der Waals surface area contributed by atoms with Gasteiger partial charge in [-0.05, 0) is 24.9 Å². The summed E-state index contributed by atoms with van der Waals surface area (Å²) in [6.07, 6.45) is 3.01. The molecule has 0 saturated carbocycles. The van der Waals surface area contributed by atoms with Gasteiger partial charge in [0.2, 0.25) is 0 Å². The van der Waals surface area contributed by atoms with Crippen LogP contribution in [-0.4, -0.2) is 29.5 Å². The molecule has 0 fully saturated rings. The van der Waals surface area contributed by atoms with Gasteiger partial charge in [0.25, 0.3) is 0 Å². The molecule has 0 aliphatic rings. The van der Waals surface area contributed by atoms with Gasteiger partial charge < -0.3 is 5.73 Å². The number of hydrogen-bond acceptors (Lipinski definition) is 4. The molecule has 1 heterocycles. The van der Waals surface area contributed by atoms with Crippen molar-refractivity contribution in [1.82, 2.24) is 9.88 Å². The molecule has 0 atom stereocenters. The second-order valence-corrected chi connectivity index (χ2v) is 6.86. The Balaban J connectivity index is 2.60. The summed E-state index contributed by atoms with van der Waals surface area (Å²) in [7, 11) is 0. The number of hydrogen-bond donors (Lipinski definition) is 1. The van der Waals surface area contributed by atoms with Crippen LogP contribution in [0.1, 0.15) is 32.1 Å². The lowest BCUT2D eigenvalue weighted by molar-refractivity contribution is 0.177. The van der Waals surface area contributed by atoms with Crippen molar-refractivity contribution in [2.75, 3.05) is 19.6 Å². The first-order valence-corrected chi connectivity index (χ1v) is 7.19. The van der Waals surface area contributed by atoms with Gasteiger partial charge in [0.05, 0.1) is 0 Å². The zero-order valence-corrected chi connectivity index (χ0v) is 12.4. The van der Waals surface area contributed by atoms with Crippen molar-refractivity contribution in [3.8, 4) is 0 Å². The Bertz CT molecular complexity index is 338. The van der Waals surface area contributed by atoms with Crippen LogP contribution in [0.4, 0.5) is 0 Å². The fraction of sp³-hybridized carbons (Fsp3) is 0.750. The summed E-state index contributed by atoms with van der Waals surface area (Å²) >= 11 is 7.41. The number of halogens is 1. The molecule has 1 aromatic heterocycles. The van der Waals surface area contributed by atoms with Crippen LogP contribution in [0.2, 0.25) is 4.47 Å². The maximum absolute atomic E-state index is 5.85. The maximum Gasteiger partial charge on any atom is 0.183 e. The van der Waals surface area contributed by atoms with Gasteiger partial charge in [-0.2, -0.15) is 0 Å². The summed E-state index contributed by atoms with van der Waals surface area (Å²) in [4.78, 5) is 7.73. The Morgan fingerprint density at radius 1 is 1.53 bits per heavy atom. The first-order chi connectivity index (χ1) is 7.96. The van der Waals surface area contributed by atoms with Crippen molar-refractivity contribution in [2.24, 2.45) is 11.1 Å². The molecule has 0 spiro atoms. The predicted molar refractivity (Wildman–Crippen MR) is 75.5 cm³/mol. The average molecular weight is 276 g/mol. The third kappa shape index (κ3) is 5.34. The minimum atomic E-state index is 0.156. The molecule has 0 aromatic carbocycles. The topological polar surface area (TPSA) is 42.2 Å². The van der Waals surface area contributed by atoms with Crippen LogP contribution in [-0.2, 0) is 6.54 Å². The van der Waals surface area contributed by atoms with Gasteiger partial charge in [-0.3, -0.25) is 4.90 Å². The number of rotatable bonds is 7. The van der Waals surface area contributed by atoms with Crippen LogP contribution in [0, 0.1) is 5.41 Å². The van der Waals surface area contributed by atoms with E-state index in [4.69, 9.17) is 17.3 Å². The van der Waals surface area contributed by atoms with Crippen molar-refractivity contribution in [2.45, 2.75) is 33.7 Å². The van der Waals surface area contributed by atoms with Crippen LogP contribution in [0.25, 0.3) is 0 Å². The highest BCUT2D eigenvalue weighted by molar-refractivity contribution is 7.15. The smallest absolute Gasteiger partial charge is 0.183 e. The summed E-state index contributed by atoms with van der Waals surface area (Å²) in [6.45, 7) is 10.3. The van der Waals surface area contributed by atoms with E-state index in [9.17, 15) is 0 Å². The van der Waals surface area contributed by atoms with E-state index in [1.54, 1.807) is 11.3 Å². The van der Waals surface area contributed by atoms with Crippen molar-refractivity contribution >= 4 is 22.9 Å². The summed E-state index contributed by atoms with van der Waals surface area (Å²) in [6, 6.07) is 0. The predicted octanol–water partition coefficient (Wildman–Crippen LogP) is 2.99. The summed E-state index contributed by atoms with van der Waals surface area (Å²) < 4.78 is 0.620. The van der Waals surface area contributed by atoms with Crippen LogP contribution < -0.4 is 5.73 Å². The summed E-state index contributed by atoms with van der Waals surface area (Å²) in [5.41, 5.74) is 5.95. The number of nitrogens with zero attached hydrogens (tertiary/aromatic N) is 2. The van der Waals surface area contributed by atoms with Gasteiger partial charge in [-0.25, -0.2) is 4.98 Å². The van der Waals surface area contributed by atoms with Crippen LogP contribution in [0.5, 0.6) is 0 Å². The number of thiazole rings is 1. The van der Waals surface area contributed by atoms with E-state index in [2.05, 4.69) is 30.7 Å². The first kappa shape index (κ1) is 14.9. The quantitative estimate of drug-likeness (QED) is 0.832. The SMILES string of the molecule is CCCN(Cc1cnc(Cl)s1)CC(C)(C)CN. The molecule has 5 heteroatoms. The third-order valence-corrected chi connectivity index (χ3v) is 3.75. The molecule has 0 aliphatic heterocycles.